The van der Waals surface area contributed by atoms with Crippen molar-refractivity contribution in [3.05, 3.63) is 71.2 Å². The maximum Gasteiger partial charge on any atom is 0.168 e. The maximum absolute atomic E-state index is 13.4. The number of nitrogens with one attached hydrogen (secondary N) is 1. The lowest BCUT2D eigenvalue weighted by Gasteiger charge is -2.06. The molecule has 1 aliphatic rings. The highest BCUT2D eigenvalue weighted by atomic mass is 19.1. The molecule has 2 aromatic carbocycles. The molecule has 1 heterocycles. The number of hydrogen-bond donors (Lipinski definition) is 1. The third-order valence-electron chi connectivity index (χ3n) is 4.33. The number of hydrogen-bond acceptors (Lipinski definition) is 1. The first kappa shape index (κ1) is 12.3. The summed E-state index contributed by atoms with van der Waals surface area (Å²) < 4.78 is 13.4. The Labute approximate surface area is 121 Å². The maximum atomic E-state index is 13.4. The van der Waals surface area contributed by atoms with Crippen LogP contribution in [0.5, 0.6) is 0 Å². The molecule has 21 heavy (non-hydrogen) atoms. The van der Waals surface area contributed by atoms with E-state index in [1.807, 2.05) is 12.1 Å². The van der Waals surface area contributed by atoms with Crippen molar-refractivity contribution >= 4 is 16.7 Å². The van der Waals surface area contributed by atoms with E-state index in [0.717, 1.165) is 18.4 Å². The number of fused-ring (bicyclic) bond motifs is 2. The van der Waals surface area contributed by atoms with Crippen LogP contribution >= 0.6 is 0 Å². The van der Waals surface area contributed by atoms with Crippen LogP contribution in [0.2, 0.25) is 0 Å². The summed E-state index contributed by atoms with van der Waals surface area (Å²) in [6.45, 7) is 0. The minimum atomic E-state index is -0.314. The third kappa shape index (κ3) is 1.97. The van der Waals surface area contributed by atoms with E-state index in [0.29, 0.717) is 10.9 Å². The van der Waals surface area contributed by atoms with Gasteiger partial charge >= 0.3 is 0 Å². The van der Waals surface area contributed by atoms with Gasteiger partial charge < -0.3 is 4.98 Å². The molecule has 3 aromatic rings. The summed E-state index contributed by atoms with van der Waals surface area (Å²) in [5.41, 5.74) is 3.90. The number of carbonyl (C=O) groups excluding carboxylic acids is 1. The molecule has 0 saturated heterocycles. The standard InChI is InChI=1S/C18H14FNO/c19-14-5-6-17-15(9-14)16(10-20-17)18(21)13-7-11-3-1-2-4-12(11)8-13/h1-6,9-10,13,20H,7-8H2. The van der Waals surface area contributed by atoms with Gasteiger partial charge in [0.05, 0.1) is 0 Å². The van der Waals surface area contributed by atoms with Crippen LogP contribution in [0.15, 0.2) is 48.7 Å². The van der Waals surface area contributed by atoms with Crippen LogP contribution in [0.25, 0.3) is 10.9 Å². The van der Waals surface area contributed by atoms with Crippen molar-refractivity contribution in [3.63, 3.8) is 0 Å². The Kier molecular flexibility index (Phi) is 2.67. The fraction of sp³-hybridized carbons (Fsp3) is 0.167. The fourth-order valence-corrected chi connectivity index (χ4v) is 3.26. The van der Waals surface area contributed by atoms with Crippen LogP contribution in [0, 0.1) is 11.7 Å². The second-order valence-corrected chi connectivity index (χ2v) is 5.63. The number of halogens is 1. The van der Waals surface area contributed by atoms with Gasteiger partial charge in [0.2, 0.25) is 0 Å². The largest absolute Gasteiger partial charge is 0.360 e. The Bertz CT molecular complexity index is 824. The van der Waals surface area contributed by atoms with E-state index in [2.05, 4.69) is 17.1 Å². The van der Waals surface area contributed by atoms with Crippen molar-refractivity contribution in [2.24, 2.45) is 5.92 Å². The highest BCUT2D eigenvalue weighted by molar-refractivity contribution is 6.09. The molecule has 0 spiro atoms. The summed E-state index contributed by atoms with van der Waals surface area (Å²) >= 11 is 0. The molecule has 1 N–H and O–H groups in total. The molecule has 104 valence electrons. The van der Waals surface area contributed by atoms with Crippen molar-refractivity contribution in [2.75, 3.05) is 0 Å². The number of aromatic amines is 1. The Balaban J connectivity index is 1.70. The molecule has 0 radical (unpaired) electrons. The third-order valence-corrected chi connectivity index (χ3v) is 4.33. The molecule has 0 atom stereocenters. The quantitative estimate of drug-likeness (QED) is 0.709. The first-order chi connectivity index (χ1) is 10.2. The van der Waals surface area contributed by atoms with Gasteiger partial charge in [0.15, 0.2) is 5.78 Å². The monoisotopic (exact) mass is 279 g/mol. The first-order valence-corrected chi connectivity index (χ1v) is 7.10. The van der Waals surface area contributed by atoms with Crippen LogP contribution in [0.1, 0.15) is 21.5 Å². The number of benzene rings is 2. The van der Waals surface area contributed by atoms with Crippen LogP contribution in [0.4, 0.5) is 4.39 Å². The highest BCUT2D eigenvalue weighted by Crippen LogP contribution is 2.31. The molecule has 0 unspecified atom stereocenters. The van der Waals surface area contributed by atoms with Crippen LogP contribution in [-0.4, -0.2) is 10.8 Å². The molecule has 3 heteroatoms. The van der Waals surface area contributed by atoms with Crippen LogP contribution < -0.4 is 0 Å². The van der Waals surface area contributed by atoms with Gasteiger partial charge in [-0.3, -0.25) is 4.79 Å². The zero-order chi connectivity index (χ0) is 14.4. The number of Topliss-reactive ketones (excluding diaryl/α,β-unsaturated/α-hetero) is 1. The molecule has 0 bridgehead atoms. The summed E-state index contributed by atoms with van der Waals surface area (Å²) in [5, 5.41) is 0.677. The summed E-state index contributed by atoms with van der Waals surface area (Å²) in [7, 11) is 0. The smallest absolute Gasteiger partial charge is 0.168 e. The number of aromatic nitrogens is 1. The van der Waals surface area contributed by atoms with E-state index >= 15 is 0 Å². The van der Waals surface area contributed by atoms with Crippen molar-refractivity contribution in [1.82, 2.24) is 4.98 Å². The number of H-pyrrole nitrogens is 1. The van der Waals surface area contributed by atoms with Gasteiger partial charge in [-0.15, -0.1) is 0 Å². The highest BCUT2D eigenvalue weighted by Gasteiger charge is 2.29. The summed E-state index contributed by atoms with van der Waals surface area (Å²) in [6.07, 6.45) is 3.25. The van der Waals surface area contributed by atoms with Gasteiger partial charge in [-0.2, -0.15) is 0 Å². The first-order valence-electron chi connectivity index (χ1n) is 7.10. The predicted molar refractivity (Wildman–Crippen MR) is 79.9 cm³/mol. The molecule has 0 aliphatic heterocycles. The van der Waals surface area contributed by atoms with Gasteiger partial charge in [0.25, 0.3) is 0 Å². The Morgan fingerprint density at radius 2 is 1.81 bits per heavy atom. The normalized spacial score (nSPS) is 14.5. The van der Waals surface area contributed by atoms with Crippen molar-refractivity contribution in [3.8, 4) is 0 Å². The van der Waals surface area contributed by atoms with Crippen LogP contribution in [-0.2, 0) is 12.8 Å². The van der Waals surface area contributed by atoms with E-state index in [4.69, 9.17) is 0 Å². The molecule has 0 fully saturated rings. The lowest BCUT2D eigenvalue weighted by atomic mass is 9.95. The van der Waals surface area contributed by atoms with Gasteiger partial charge in [0, 0.05) is 28.6 Å². The molecular formula is C18H14FNO. The predicted octanol–water partition coefficient (Wildman–Crippen LogP) is 3.90. The topological polar surface area (TPSA) is 32.9 Å². The van der Waals surface area contributed by atoms with E-state index in [-0.39, 0.29) is 17.5 Å². The molecule has 1 aliphatic carbocycles. The SMILES string of the molecule is O=C(c1c[nH]c2ccc(F)cc12)C1Cc2ccccc2C1. The average molecular weight is 279 g/mol. The molecular weight excluding hydrogens is 265 g/mol. The number of carbonyl (C=O) groups is 1. The lowest BCUT2D eigenvalue weighted by molar-refractivity contribution is 0.0926. The summed E-state index contributed by atoms with van der Waals surface area (Å²) in [5.74, 6) is -0.251. The Hall–Kier alpha value is -2.42. The zero-order valence-corrected chi connectivity index (χ0v) is 11.4. The minimum Gasteiger partial charge on any atom is -0.360 e. The fourth-order valence-electron chi connectivity index (χ4n) is 3.26. The molecule has 0 saturated carbocycles. The Morgan fingerprint density at radius 1 is 1.10 bits per heavy atom. The van der Waals surface area contributed by atoms with E-state index < -0.39 is 0 Å². The van der Waals surface area contributed by atoms with Crippen molar-refractivity contribution in [2.45, 2.75) is 12.8 Å². The van der Waals surface area contributed by atoms with E-state index in [1.54, 1.807) is 12.3 Å². The summed E-state index contributed by atoms with van der Waals surface area (Å²) in [6, 6.07) is 12.7. The van der Waals surface area contributed by atoms with Crippen molar-refractivity contribution < 1.29 is 9.18 Å². The molecule has 0 amide bonds. The molecule has 4 rings (SSSR count). The number of rotatable bonds is 2. The minimum absolute atomic E-state index is 0.0373. The zero-order valence-electron chi connectivity index (χ0n) is 11.4. The Morgan fingerprint density at radius 3 is 2.52 bits per heavy atom. The second-order valence-electron chi connectivity index (χ2n) is 5.63. The van der Waals surface area contributed by atoms with Gasteiger partial charge in [-0.1, -0.05) is 24.3 Å². The lowest BCUT2D eigenvalue weighted by Crippen LogP contribution is -2.14. The molecule has 2 nitrogen and oxygen atoms in total. The second kappa shape index (κ2) is 4.55. The van der Waals surface area contributed by atoms with Gasteiger partial charge in [0.1, 0.15) is 5.82 Å². The van der Waals surface area contributed by atoms with Crippen molar-refractivity contribution in [1.29, 1.82) is 0 Å². The summed E-state index contributed by atoms with van der Waals surface area (Å²) in [4.78, 5) is 15.8. The molecule has 1 aromatic heterocycles. The van der Waals surface area contributed by atoms with E-state index in [9.17, 15) is 9.18 Å². The van der Waals surface area contributed by atoms with E-state index in [1.165, 1.54) is 23.3 Å². The number of ketones is 1. The van der Waals surface area contributed by atoms with Crippen LogP contribution in [0.3, 0.4) is 0 Å². The average Bonchev–Trinajstić information content (AvgIpc) is 3.09. The van der Waals surface area contributed by atoms with Gasteiger partial charge in [-0.05, 0) is 42.2 Å². The van der Waals surface area contributed by atoms with Gasteiger partial charge in [-0.25, -0.2) is 4.39 Å².